The number of pyridine rings is 1. The van der Waals surface area contributed by atoms with E-state index < -0.39 is 0 Å². The lowest BCUT2D eigenvalue weighted by molar-refractivity contribution is 0.379. The summed E-state index contributed by atoms with van der Waals surface area (Å²) in [4.78, 5) is 4.58. The first-order chi connectivity index (χ1) is 14.5. The number of benzene rings is 1. The highest BCUT2D eigenvalue weighted by Gasteiger charge is 2.35. The Morgan fingerprint density at radius 2 is 1.97 bits per heavy atom. The monoisotopic (exact) mass is 414 g/mol. The van der Waals surface area contributed by atoms with Gasteiger partial charge in [-0.1, -0.05) is 42.1 Å². The number of rotatable bonds is 4. The number of fused-ring (bicyclic) bond motifs is 1. The fourth-order valence-electron chi connectivity index (χ4n) is 3.50. The van der Waals surface area contributed by atoms with Crippen molar-refractivity contribution in [1.29, 1.82) is 10.5 Å². The molecule has 30 heavy (non-hydrogen) atoms. The number of ether oxygens (including phenoxy) is 1. The molecule has 4 rings (SSSR count). The summed E-state index contributed by atoms with van der Waals surface area (Å²) in [6.45, 7) is 3.76. The number of aryl methyl sites for hydroxylation is 1. The molecule has 0 radical (unpaired) electrons. The van der Waals surface area contributed by atoms with E-state index in [-0.39, 0.29) is 11.8 Å². The quantitative estimate of drug-likeness (QED) is 0.622. The van der Waals surface area contributed by atoms with Crippen LogP contribution in [0.2, 0.25) is 0 Å². The minimum Gasteiger partial charge on any atom is -0.420 e. The minimum absolute atomic E-state index is 0.0689. The Balaban J connectivity index is 1.73. The van der Waals surface area contributed by atoms with Crippen LogP contribution in [-0.2, 0) is 5.75 Å². The number of nitrogens with zero attached hydrogens (tertiary/aromatic N) is 4. The molecule has 7 nitrogen and oxygen atoms in total. The number of hydrogen-bond acceptors (Lipinski definition) is 7. The molecule has 0 spiro atoms. The van der Waals surface area contributed by atoms with Crippen molar-refractivity contribution in [2.45, 2.75) is 30.5 Å². The Labute approximate surface area is 178 Å². The molecule has 3 aromatic rings. The van der Waals surface area contributed by atoms with Crippen molar-refractivity contribution in [3.05, 3.63) is 81.5 Å². The summed E-state index contributed by atoms with van der Waals surface area (Å²) in [5, 5.41) is 27.2. The van der Waals surface area contributed by atoms with Crippen molar-refractivity contribution in [3.8, 4) is 18.0 Å². The number of nitriles is 2. The molecule has 0 bridgehead atoms. The van der Waals surface area contributed by atoms with Crippen LogP contribution in [0.4, 0.5) is 0 Å². The van der Waals surface area contributed by atoms with Gasteiger partial charge >= 0.3 is 0 Å². The molecule has 3 N–H and O–H groups in total. The van der Waals surface area contributed by atoms with Crippen molar-refractivity contribution in [2.24, 2.45) is 5.73 Å². The summed E-state index contributed by atoms with van der Waals surface area (Å²) in [7, 11) is 0. The highest BCUT2D eigenvalue weighted by Crippen LogP contribution is 2.44. The highest BCUT2D eigenvalue weighted by atomic mass is 32.2. The molecule has 1 aliphatic heterocycles. The lowest BCUT2D eigenvalue weighted by Crippen LogP contribution is -2.21. The molecular formula is C22H18N6OS. The molecule has 3 heterocycles. The Morgan fingerprint density at radius 1 is 1.20 bits per heavy atom. The Hall–Kier alpha value is -3.75. The Morgan fingerprint density at radius 3 is 2.67 bits per heavy atom. The summed E-state index contributed by atoms with van der Waals surface area (Å²) >= 11 is 1.51. The zero-order chi connectivity index (χ0) is 21.3. The summed E-state index contributed by atoms with van der Waals surface area (Å²) < 4.78 is 5.62. The largest absolute Gasteiger partial charge is 0.420 e. The van der Waals surface area contributed by atoms with Gasteiger partial charge in [0.25, 0.3) is 0 Å². The number of H-pyrrole nitrogens is 1. The van der Waals surface area contributed by atoms with Gasteiger partial charge in [-0.15, -0.1) is 5.10 Å². The van der Waals surface area contributed by atoms with Crippen LogP contribution in [0.5, 0.6) is 5.88 Å². The number of allylic oxidation sites excluding steroid dienone is 1. The summed E-state index contributed by atoms with van der Waals surface area (Å²) in [5.74, 6) is 0.605. The smallest absolute Gasteiger partial charge is 0.244 e. The van der Waals surface area contributed by atoms with Crippen LogP contribution in [0.1, 0.15) is 39.6 Å². The number of aromatic nitrogens is 3. The van der Waals surface area contributed by atoms with Gasteiger partial charge < -0.3 is 10.5 Å². The number of thioether (sulfide) groups is 1. The van der Waals surface area contributed by atoms with Gasteiger partial charge in [0.1, 0.15) is 16.7 Å². The third-order valence-electron chi connectivity index (χ3n) is 4.98. The van der Waals surface area contributed by atoms with Gasteiger partial charge in [0.2, 0.25) is 11.8 Å². The molecule has 8 heteroatoms. The van der Waals surface area contributed by atoms with Crippen molar-refractivity contribution < 1.29 is 4.74 Å². The van der Waals surface area contributed by atoms with Gasteiger partial charge in [0.05, 0.1) is 28.8 Å². The zero-order valence-corrected chi connectivity index (χ0v) is 17.2. The third kappa shape index (κ3) is 3.38. The number of aromatic amines is 1. The number of nitrogens with one attached hydrogen (secondary N) is 1. The maximum Gasteiger partial charge on any atom is 0.244 e. The van der Waals surface area contributed by atoms with Gasteiger partial charge in [-0.2, -0.15) is 10.5 Å². The van der Waals surface area contributed by atoms with Gasteiger partial charge in [0, 0.05) is 11.4 Å². The molecule has 1 aliphatic rings. The van der Waals surface area contributed by atoms with Gasteiger partial charge in [0.15, 0.2) is 0 Å². The molecular weight excluding hydrogens is 396 g/mol. The topological polar surface area (TPSA) is 124 Å². The summed E-state index contributed by atoms with van der Waals surface area (Å²) in [6.07, 6.45) is 0. The van der Waals surface area contributed by atoms with Crippen LogP contribution in [0, 0.1) is 36.5 Å². The third-order valence-corrected chi connectivity index (χ3v) is 6.08. The maximum absolute atomic E-state index is 9.74. The maximum atomic E-state index is 9.74. The lowest BCUT2D eigenvalue weighted by atomic mass is 9.84. The predicted octanol–water partition coefficient (Wildman–Crippen LogP) is 3.80. The van der Waals surface area contributed by atoms with Crippen molar-refractivity contribution in [3.63, 3.8) is 0 Å². The number of hydrogen-bond donors (Lipinski definition) is 2. The lowest BCUT2D eigenvalue weighted by Gasteiger charge is -2.24. The first-order valence-corrected chi connectivity index (χ1v) is 10.2. The average molecular weight is 414 g/mol. The van der Waals surface area contributed by atoms with Crippen molar-refractivity contribution >= 4 is 11.8 Å². The van der Waals surface area contributed by atoms with E-state index in [4.69, 9.17) is 10.5 Å². The van der Waals surface area contributed by atoms with Crippen LogP contribution < -0.4 is 10.5 Å². The van der Waals surface area contributed by atoms with E-state index in [1.165, 1.54) is 11.8 Å². The van der Waals surface area contributed by atoms with Crippen LogP contribution in [0.3, 0.4) is 0 Å². The standard InChI is InChI=1S/C22H18N6OS/c1-12-8-15(9-23)13(2)22(26-12)30-11-17-19-18(14-6-4-3-5-7-14)16(10-24)20(25)29-21(19)28-27-17/h3-8,18H,11,25H2,1-2H3,(H,27,28)/t18-/m0/s1. The molecule has 0 saturated heterocycles. The normalized spacial score (nSPS) is 15.1. The molecule has 0 aliphatic carbocycles. The molecule has 148 valence electrons. The molecule has 0 saturated carbocycles. The first-order valence-electron chi connectivity index (χ1n) is 9.24. The SMILES string of the molecule is Cc1cc(C#N)c(C)c(SCc2[nH]nc3c2[C@@H](c2ccccc2)C(C#N)=C(N)O3)n1. The zero-order valence-electron chi connectivity index (χ0n) is 16.4. The molecule has 1 atom stereocenters. The van der Waals surface area contributed by atoms with E-state index in [0.29, 0.717) is 22.8 Å². The van der Waals surface area contributed by atoms with Crippen molar-refractivity contribution in [1.82, 2.24) is 15.2 Å². The van der Waals surface area contributed by atoms with E-state index >= 15 is 0 Å². The van der Waals surface area contributed by atoms with Crippen LogP contribution in [0.25, 0.3) is 0 Å². The number of nitrogens with two attached hydrogens (primary N) is 1. The van der Waals surface area contributed by atoms with Gasteiger partial charge in [-0.05, 0) is 31.0 Å². The molecule has 0 unspecified atom stereocenters. The fraction of sp³-hybridized carbons (Fsp3) is 0.182. The Bertz CT molecular complexity index is 1230. The van der Waals surface area contributed by atoms with Gasteiger partial charge in [-0.3, -0.25) is 5.10 Å². The molecule has 0 fully saturated rings. The first kappa shape index (κ1) is 19.6. The van der Waals surface area contributed by atoms with Gasteiger partial charge in [-0.25, -0.2) is 4.98 Å². The second-order valence-electron chi connectivity index (χ2n) is 6.90. The van der Waals surface area contributed by atoms with E-state index in [2.05, 4.69) is 27.3 Å². The highest BCUT2D eigenvalue weighted by molar-refractivity contribution is 7.98. The molecule has 1 aromatic carbocycles. The average Bonchev–Trinajstić information content (AvgIpc) is 3.15. The molecule has 2 aromatic heterocycles. The van der Waals surface area contributed by atoms with Crippen LogP contribution >= 0.6 is 11.8 Å². The predicted molar refractivity (Wildman–Crippen MR) is 112 cm³/mol. The van der Waals surface area contributed by atoms with Crippen LogP contribution in [-0.4, -0.2) is 15.2 Å². The van der Waals surface area contributed by atoms with E-state index in [1.54, 1.807) is 6.07 Å². The van der Waals surface area contributed by atoms with E-state index in [9.17, 15) is 10.5 Å². The second kappa shape index (κ2) is 7.94. The van der Waals surface area contributed by atoms with E-state index in [1.807, 2.05) is 44.2 Å². The van der Waals surface area contributed by atoms with Crippen LogP contribution in [0.15, 0.2) is 52.9 Å². The minimum atomic E-state index is -0.365. The van der Waals surface area contributed by atoms with Crippen molar-refractivity contribution in [2.75, 3.05) is 0 Å². The van der Waals surface area contributed by atoms with E-state index in [0.717, 1.165) is 33.1 Å². The Kier molecular flexibility index (Phi) is 5.18. The second-order valence-corrected chi connectivity index (χ2v) is 7.86. The fourth-order valence-corrected chi connectivity index (χ4v) is 4.54. The summed E-state index contributed by atoms with van der Waals surface area (Å²) in [5.41, 5.74) is 11.2. The molecule has 0 amide bonds. The summed E-state index contributed by atoms with van der Waals surface area (Å²) in [6, 6.07) is 15.9.